The monoisotopic (exact) mass is 560 g/mol. The summed E-state index contributed by atoms with van der Waals surface area (Å²) in [5, 5.41) is 0. The van der Waals surface area contributed by atoms with Crippen molar-refractivity contribution in [2.75, 3.05) is 26.2 Å². The van der Waals surface area contributed by atoms with Crippen molar-refractivity contribution in [3.05, 3.63) is 157 Å². The molecule has 4 aromatic carbocycles. The Labute approximate surface area is 244 Å². The zero-order chi connectivity index (χ0) is 25.8. The molecule has 0 atom stereocenters. The number of hydrogen-bond acceptors (Lipinski definition) is 4. The van der Waals surface area contributed by atoms with E-state index in [2.05, 4.69) is 154 Å². The summed E-state index contributed by atoms with van der Waals surface area (Å²) < 4.78 is 0. The van der Waals surface area contributed by atoms with Gasteiger partial charge in [0.1, 0.15) is 0 Å². The van der Waals surface area contributed by atoms with Crippen LogP contribution < -0.4 is 0 Å². The van der Waals surface area contributed by atoms with Crippen molar-refractivity contribution in [3.8, 4) is 0 Å². The van der Waals surface area contributed by atoms with Gasteiger partial charge in [0.05, 0.1) is 0 Å². The molecule has 6 rings (SSSR count). The quantitative estimate of drug-likeness (QED) is 0.187. The van der Waals surface area contributed by atoms with Crippen molar-refractivity contribution < 1.29 is 16.5 Å². The predicted octanol–water partition coefficient (Wildman–Crippen LogP) is 6.24. The summed E-state index contributed by atoms with van der Waals surface area (Å²) in [6.07, 6.45) is 0. The molecule has 0 aliphatic carbocycles. The van der Waals surface area contributed by atoms with Crippen LogP contribution in [-0.2, 0) is 42.7 Å². The molecular formula is C34H38N4Ni. The summed E-state index contributed by atoms with van der Waals surface area (Å²) in [6.45, 7) is 13.0. The summed E-state index contributed by atoms with van der Waals surface area (Å²) >= 11 is 0. The molecule has 0 aromatic heterocycles. The molecule has 0 saturated carbocycles. The van der Waals surface area contributed by atoms with Gasteiger partial charge in [-0.2, -0.15) is 0 Å². The van der Waals surface area contributed by atoms with E-state index in [-0.39, 0.29) is 16.5 Å². The van der Waals surface area contributed by atoms with Gasteiger partial charge in [-0.15, -0.1) is 0 Å². The van der Waals surface area contributed by atoms with Gasteiger partial charge in [-0.3, -0.25) is 0 Å². The molecule has 0 N–H and O–H groups in total. The average Bonchev–Trinajstić information content (AvgIpc) is 3.60. The summed E-state index contributed by atoms with van der Waals surface area (Å²) in [5.41, 5.74) is 5.50. The predicted molar refractivity (Wildman–Crippen MR) is 156 cm³/mol. The minimum atomic E-state index is 0. The van der Waals surface area contributed by atoms with E-state index in [1.54, 1.807) is 0 Å². The first-order valence-electron chi connectivity index (χ1n) is 13.6. The first kappa shape index (κ1) is 29.2. The topological polar surface area (TPSA) is 13.0 Å². The van der Waals surface area contributed by atoms with E-state index in [0.717, 1.165) is 52.4 Å². The summed E-state index contributed by atoms with van der Waals surface area (Å²) in [7, 11) is 0. The molecule has 39 heavy (non-hydrogen) atoms. The van der Waals surface area contributed by atoms with Crippen LogP contribution in [0.4, 0.5) is 0 Å². The van der Waals surface area contributed by atoms with Crippen molar-refractivity contribution in [1.82, 2.24) is 19.6 Å². The van der Waals surface area contributed by atoms with Crippen LogP contribution in [0, 0.1) is 13.3 Å². The van der Waals surface area contributed by atoms with Gasteiger partial charge in [-0.25, -0.2) is 13.3 Å². The smallest absolute Gasteiger partial charge is 0.438 e. The molecule has 0 radical (unpaired) electrons. The van der Waals surface area contributed by atoms with Crippen LogP contribution in [0.15, 0.2) is 121 Å². The first-order valence-corrected chi connectivity index (χ1v) is 13.6. The molecule has 4 aromatic rings. The van der Waals surface area contributed by atoms with Crippen molar-refractivity contribution >= 4 is 0 Å². The van der Waals surface area contributed by atoms with Gasteiger partial charge in [0, 0.05) is 0 Å². The molecule has 0 bridgehead atoms. The van der Waals surface area contributed by atoms with Crippen LogP contribution in [0.1, 0.15) is 22.3 Å². The first-order chi connectivity index (χ1) is 18.8. The third-order valence-electron chi connectivity index (χ3n) is 6.92. The Balaban J connectivity index is 0.000000176. The largest absolute Gasteiger partial charge is 2.00 e. The molecule has 5 heteroatoms. The molecule has 0 spiro atoms. The summed E-state index contributed by atoms with van der Waals surface area (Å²) in [6, 6.07) is 42.6. The van der Waals surface area contributed by atoms with E-state index in [4.69, 9.17) is 0 Å². The Bertz CT molecular complexity index is 999. The molecule has 2 aliphatic rings. The van der Waals surface area contributed by atoms with Crippen LogP contribution in [0.25, 0.3) is 0 Å². The second kappa shape index (κ2) is 15.7. The zero-order valence-corrected chi connectivity index (χ0v) is 23.5. The van der Waals surface area contributed by atoms with Crippen LogP contribution in [0.5, 0.6) is 0 Å². The molecule has 2 fully saturated rings. The van der Waals surface area contributed by atoms with Crippen LogP contribution in [0.2, 0.25) is 0 Å². The van der Waals surface area contributed by atoms with Crippen LogP contribution in [0.3, 0.4) is 0 Å². The van der Waals surface area contributed by atoms with Crippen molar-refractivity contribution in [2.45, 2.75) is 26.2 Å². The fourth-order valence-corrected chi connectivity index (χ4v) is 4.96. The number of rotatable bonds is 8. The molecule has 204 valence electrons. The van der Waals surface area contributed by atoms with E-state index in [0.29, 0.717) is 0 Å². The van der Waals surface area contributed by atoms with E-state index >= 15 is 0 Å². The average molecular weight is 561 g/mol. The maximum Gasteiger partial charge on any atom is 2.00 e. The maximum atomic E-state index is 2.39. The molecule has 4 nitrogen and oxygen atoms in total. The van der Waals surface area contributed by atoms with Crippen molar-refractivity contribution in [1.29, 1.82) is 0 Å². The number of benzene rings is 4. The summed E-state index contributed by atoms with van der Waals surface area (Å²) in [4.78, 5) is 9.55. The molecular weight excluding hydrogens is 523 g/mol. The van der Waals surface area contributed by atoms with E-state index < -0.39 is 0 Å². The third-order valence-corrected chi connectivity index (χ3v) is 6.92. The molecule has 2 saturated heterocycles. The van der Waals surface area contributed by atoms with Crippen LogP contribution >= 0.6 is 0 Å². The van der Waals surface area contributed by atoms with Crippen molar-refractivity contribution in [3.63, 3.8) is 0 Å². The zero-order valence-electron chi connectivity index (χ0n) is 22.5. The maximum absolute atomic E-state index is 2.39. The van der Waals surface area contributed by atoms with Gasteiger partial charge in [0.25, 0.3) is 0 Å². The Morgan fingerprint density at radius 3 is 0.769 bits per heavy atom. The molecule has 0 amide bonds. The standard InChI is InChI=1S/2C17H19N2.Ni/c2*1-3-7-16(8-4-1)13-18-11-12-19(15-18)14-17-9-5-2-6-10-17;/h2*1-10,15H,11-14H2;/q2*-1;+2. The Morgan fingerprint density at radius 2 is 0.564 bits per heavy atom. The fraction of sp³-hybridized carbons (Fsp3) is 0.235. The van der Waals surface area contributed by atoms with Gasteiger partial charge < -0.3 is 19.6 Å². The number of hydrogen-bond donors (Lipinski definition) is 0. The van der Waals surface area contributed by atoms with Gasteiger partial charge in [0.15, 0.2) is 0 Å². The van der Waals surface area contributed by atoms with E-state index in [1.807, 2.05) is 0 Å². The minimum Gasteiger partial charge on any atom is -0.438 e. The molecule has 2 heterocycles. The van der Waals surface area contributed by atoms with E-state index in [1.165, 1.54) is 22.3 Å². The summed E-state index contributed by atoms with van der Waals surface area (Å²) in [5.74, 6) is 0. The normalized spacial score (nSPS) is 16.4. The van der Waals surface area contributed by atoms with Gasteiger partial charge in [0.2, 0.25) is 0 Å². The molecule has 2 aliphatic heterocycles. The SMILES string of the molecule is [Ni+2].c1ccc(CN2[CH-]N(Cc3ccccc3)CC2)cc1.c1ccc(CN2[CH-]N(Cc3ccccc3)CC2)cc1. The second-order valence-corrected chi connectivity index (χ2v) is 10.1. The van der Waals surface area contributed by atoms with Crippen LogP contribution in [-0.4, -0.2) is 45.8 Å². The van der Waals surface area contributed by atoms with E-state index in [9.17, 15) is 0 Å². The second-order valence-electron chi connectivity index (χ2n) is 10.1. The Morgan fingerprint density at radius 1 is 0.359 bits per heavy atom. The molecule has 0 unspecified atom stereocenters. The third kappa shape index (κ3) is 9.72. The minimum absolute atomic E-state index is 0. The van der Waals surface area contributed by atoms with Gasteiger partial charge in [-0.05, 0) is 74.6 Å². The van der Waals surface area contributed by atoms with Crippen molar-refractivity contribution in [2.24, 2.45) is 0 Å². The van der Waals surface area contributed by atoms with Gasteiger partial charge >= 0.3 is 16.5 Å². The Kier molecular flexibility index (Phi) is 11.8. The number of nitrogens with zero attached hydrogens (tertiary/aromatic N) is 4. The fourth-order valence-electron chi connectivity index (χ4n) is 4.96. The van der Waals surface area contributed by atoms with Gasteiger partial charge in [-0.1, -0.05) is 121 Å². The Hall–Kier alpha value is -2.79.